The lowest BCUT2D eigenvalue weighted by Crippen LogP contribution is -2.44. The molecule has 0 spiro atoms. The highest BCUT2D eigenvalue weighted by Gasteiger charge is 2.24. The Morgan fingerprint density at radius 1 is 1.12 bits per heavy atom. The molecule has 1 fully saturated rings. The quantitative estimate of drug-likeness (QED) is 0.772. The van der Waals surface area contributed by atoms with E-state index in [0.29, 0.717) is 0 Å². The number of likely N-dealkylation sites (N-methyl/N-ethyl adjacent to an activating group) is 1. The van der Waals surface area contributed by atoms with Gasteiger partial charge in [-0.05, 0) is 30.1 Å². The van der Waals surface area contributed by atoms with Gasteiger partial charge in [-0.3, -0.25) is 4.90 Å². The summed E-state index contributed by atoms with van der Waals surface area (Å²) in [5.41, 5.74) is 3.95. The number of piperazine rings is 1. The van der Waals surface area contributed by atoms with Crippen LogP contribution in [0.3, 0.4) is 0 Å². The molecule has 0 saturated carbocycles. The third-order valence-corrected chi connectivity index (χ3v) is 6.74. The standard InChI is InChI=1S/C20H25N5S/c1-23-8-10-25(11-9-23)20-22-17-5-7-24(14-19(17)26-20)13-15-2-3-16-4-6-21-18(16)12-15/h2-4,6,12,21H,5,7-11,13-14H2,1H3. The minimum Gasteiger partial charge on any atom is -0.361 e. The lowest BCUT2D eigenvalue weighted by Gasteiger charge is -2.32. The van der Waals surface area contributed by atoms with Crippen LogP contribution in [0, 0.1) is 0 Å². The van der Waals surface area contributed by atoms with Crippen molar-refractivity contribution in [2.24, 2.45) is 0 Å². The van der Waals surface area contributed by atoms with Crippen LogP contribution >= 0.6 is 11.3 Å². The van der Waals surface area contributed by atoms with Gasteiger partial charge in [-0.15, -0.1) is 11.3 Å². The molecule has 5 rings (SSSR count). The maximum atomic E-state index is 4.97. The van der Waals surface area contributed by atoms with Crippen molar-refractivity contribution in [3.05, 3.63) is 46.6 Å². The Balaban J connectivity index is 1.28. The highest BCUT2D eigenvalue weighted by molar-refractivity contribution is 7.15. The van der Waals surface area contributed by atoms with E-state index in [1.54, 1.807) is 0 Å². The Morgan fingerprint density at radius 3 is 2.88 bits per heavy atom. The fourth-order valence-corrected chi connectivity index (χ4v) is 5.15. The zero-order valence-corrected chi connectivity index (χ0v) is 16.1. The fourth-order valence-electron chi connectivity index (χ4n) is 3.95. The Hall–Kier alpha value is -1.89. The Kier molecular flexibility index (Phi) is 4.19. The van der Waals surface area contributed by atoms with E-state index in [-0.39, 0.29) is 0 Å². The van der Waals surface area contributed by atoms with Crippen LogP contribution in [0.15, 0.2) is 30.5 Å². The molecule has 2 aromatic heterocycles. The van der Waals surface area contributed by atoms with Crippen molar-refractivity contribution in [2.75, 3.05) is 44.7 Å². The number of hydrogen-bond donors (Lipinski definition) is 1. The molecule has 4 heterocycles. The number of nitrogens with one attached hydrogen (secondary N) is 1. The molecule has 1 aromatic carbocycles. The van der Waals surface area contributed by atoms with E-state index in [1.807, 2.05) is 17.5 Å². The van der Waals surface area contributed by atoms with Crippen LogP contribution < -0.4 is 4.90 Å². The summed E-state index contributed by atoms with van der Waals surface area (Å²) in [4.78, 5) is 17.2. The second-order valence-electron chi connectivity index (χ2n) is 7.52. The van der Waals surface area contributed by atoms with E-state index >= 15 is 0 Å². The van der Waals surface area contributed by atoms with Crippen molar-refractivity contribution in [3.8, 4) is 0 Å². The van der Waals surface area contributed by atoms with Crippen molar-refractivity contribution in [1.82, 2.24) is 19.8 Å². The SMILES string of the molecule is CN1CCN(c2nc3c(s2)CN(Cc2ccc4cc[nH]c4c2)CC3)CC1. The predicted molar refractivity (Wildman–Crippen MR) is 108 cm³/mol. The van der Waals surface area contributed by atoms with Gasteiger partial charge in [0.15, 0.2) is 5.13 Å². The molecule has 0 radical (unpaired) electrons. The van der Waals surface area contributed by atoms with Crippen LogP contribution in [0.25, 0.3) is 10.9 Å². The molecule has 0 amide bonds. The van der Waals surface area contributed by atoms with Crippen LogP contribution in [0.1, 0.15) is 16.1 Å². The summed E-state index contributed by atoms with van der Waals surface area (Å²) in [6, 6.07) is 8.89. The van der Waals surface area contributed by atoms with E-state index in [9.17, 15) is 0 Å². The molecule has 2 aliphatic heterocycles. The number of benzene rings is 1. The molecule has 5 nitrogen and oxygen atoms in total. The molecule has 1 N–H and O–H groups in total. The summed E-state index contributed by atoms with van der Waals surface area (Å²) in [5, 5.41) is 2.52. The van der Waals surface area contributed by atoms with Crippen molar-refractivity contribution < 1.29 is 0 Å². The van der Waals surface area contributed by atoms with Crippen molar-refractivity contribution >= 4 is 27.4 Å². The molecule has 26 heavy (non-hydrogen) atoms. The summed E-state index contributed by atoms with van der Waals surface area (Å²) >= 11 is 1.91. The van der Waals surface area contributed by atoms with Gasteiger partial charge in [-0.2, -0.15) is 0 Å². The number of hydrogen-bond acceptors (Lipinski definition) is 5. The second kappa shape index (κ2) is 6.68. The molecule has 1 saturated heterocycles. The van der Waals surface area contributed by atoms with Gasteiger partial charge in [-0.25, -0.2) is 4.98 Å². The first-order chi connectivity index (χ1) is 12.7. The molecular weight excluding hydrogens is 342 g/mol. The smallest absolute Gasteiger partial charge is 0.185 e. The summed E-state index contributed by atoms with van der Waals surface area (Å²) in [6.07, 6.45) is 3.09. The van der Waals surface area contributed by atoms with Crippen LogP contribution in [0.4, 0.5) is 5.13 Å². The molecule has 3 aromatic rings. The topological polar surface area (TPSA) is 38.4 Å². The van der Waals surface area contributed by atoms with Crippen molar-refractivity contribution in [2.45, 2.75) is 19.5 Å². The Bertz CT molecular complexity index is 906. The summed E-state index contributed by atoms with van der Waals surface area (Å²) in [5.74, 6) is 0. The van der Waals surface area contributed by atoms with Crippen LogP contribution in [0.5, 0.6) is 0 Å². The highest BCUT2D eigenvalue weighted by Crippen LogP contribution is 2.31. The van der Waals surface area contributed by atoms with Gasteiger partial charge in [0.25, 0.3) is 0 Å². The van der Waals surface area contributed by atoms with E-state index in [2.05, 4.69) is 51.0 Å². The number of fused-ring (bicyclic) bond motifs is 2. The lowest BCUT2D eigenvalue weighted by molar-refractivity contribution is 0.247. The second-order valence-corrected chi connectivity index (χ2v) is 8.58. The first-order valence-corrected chi connectivity index (χ1v) is 10.3. The maximum Gasteiger partial charge on any atom is 0.185 e. The van der Waals surface area contributed by atoms with E-state index in [4.69, 9.17) is 4.98 Å². The molecule has 0 aliphatic carbocycles. The average Bonchev–Trinajstić information content (AvgIpc) is 3.28. The maximum absolute atomic E-state index is 4.97. The summed E-state index contributed by atoms with van der Waals surface area (Å²) in [6.45, 7) is 7.61. The molecule has 136 valence electrons. The molecular formula is C20H25N5S. The van der Waals surface area contributed by atoms with Gasteiger partial charge >= 0.3 is 0 Å². The first kappa shape index (κ1) is 16.3. The van der Waals surface area contributed by atoms with E-state index in [0.717, 1.165) is 52.2 Å². The number of rotatable bonds is 3. The summed E-state index contributed by atoms with van der Waals surface area (Å²) < 4.78 is 0. The average molecular weight is 368 g/mol. The minimum absolute atomic E-state index is 1.01. The van der Waals surface area contributed by atoms with Gasteiger partial charge in [0.05, 0.1) is 5.69 Å². The highest BCUT2D eigenvalue weighted by atomic mass is 32.1. The normalized spacial score (nSPS) is 19.2. The number of thiazole rings is 1. The Labute approximate surface area is 158 Å². The van der Waals surface area contributed by atoms with Crippen molar-refractivity contribution in [1.29, 1.82) is 0 Å². The van der Waals surface area contributed by atoms with Crippen LogP contribution in [-0.2, 0) is 19.5 Å². The number of aromatic amines is 1. The number of aromatic nitrogens is 2. The summed E-state index contributed by atoms with van der Waals surface area (Å²) in [7, 11) is 2.20. The minimum atomic E-state index is 1.01. The first-order valence-electron chi connectivity index (χ1n) is 9.45. The molecule has 2 aliphatic rings. The number of H-pyrrole nitrogens is 1. The van der Waals surface area contributed by atoms with Gasteiger partial charge < -0.3 is 14.8 Å². The largest absolute Gasteiger partial charge is 0.361 e. The van der Waals surface area contributed by atoms with Crippen LogP contribution in [-0.4, -0.2) is 59.5 Å². The zero-order chi connectivity index (χ0) is 17.5. The zero-order valence-electron chi connectivity index (χ0n) is 15.2. The van der Waals surface area contributed by atoms with Gasteiger partial charge in [-0.1, -0.05) is 12.1 Å². The van der Waals surface area contributed by atoms with Crippen molar-refractivity contribution in [3.63, 3.8) is 0 Å². The molecule has 6 heteroatoms. The third kappa shape index (κ3) is 3.13. The fraction of sp³-hybridized carbons (Fsp3) is 0.450. The molecule has 0 bridgehead atoms. The predicted octanol–water partition coefficient (Wildman–Crippen LogP) is 2.93. The van der Waals surface area contributed by atoms with Gasteiger partial charge in [0.1, 0.15) is 0 Å². The number of anilines is 1. The van der Waals surface area contributed by atoms with Crippen LogP contribution in [0.2, 0.25) is 0 Å². The Morgan fingerprint density at radius 2 is 2.00 bits per heavy atom. The number of nitrogens with zero attached hydrogens (tertiary/aromatic N) is 4. The monoisotopic (exact) mass is 367 g/mol. The van der Waals surface area contributed by atoms with Gasteiger partial charge in [0.2, 0.25) is 0 Å². The van der Waals surface area contributed by atoms with E-state index in [1.165, 1.54) is 32.2 Å². The van der Waals surface area contributed by atoms with Gasteiger partial charge in [0, 0.05) is 68.8 Å². The van der Waals surface area contributed by atoms with E-state index < -0.39 is 0 Å². The molecule has 0 unspecified atom stereocenters. The lowest BCUT2D eigenvalue weighted by atomic mass is 10.1. The molecule has 0 atom stereocenters. The third-order valence-electron chi connectivity index (χ3n) is 5.60.